The number of carbonyl (C=O) groups is 2. The van der Waals surface area contributed by atoms with Gasteiger partial charge in [0.2, 0.25) is 0 Å². The number of benzene rings is 2. The largest absolute Gasteiger partial charge is 0.486 e. The van der Waals surface area contributed by atoms with Gasteiger partial charge in [0, 0.05) is 24.0 Å². The Hall–Kier alpha value is -3.33. The molecule has 0 saturated carbocycles. The van der Waals surface area contributed by atoms with Crippen LogP contribution in [-0.4, -0.2) is 34.8 Å². The molecule has 2 aromatic carbocycles. The molecule has 0 aliphatic carbocycles. The molecule has 0 spiro atoms. The Balaban J connectivity index is 1.25. The summed E-state index contributed by atoms with van der Waals surface area (Å²) in [5, 5.41) is 2.50. The molecule has 172 valence electrons. The minimum Gasteiger partial charge on any atom is -0.486 e. The number of halogens is 2. The van der Waals surface area contributed by atoms with E-state index in [-0.39, 0.29) is 37.5 Å². The molecule has 1 atom stereocenters. The lowest BCUT2D eigenvalue weighted by Crippen LogP contribution is -2.42. The first-order valence-electron chi connectivity index (χ1n) is 10.5. The van der Waals surface area contributed by atoms with Gasteiger partial charge >= 0.3 is 5.97 Å². The van der Waals surface area contributed by atoms with Crippen LogP contribution in [0.15, 0.2) is 53.9 Å². The standard InChI is InChI=1S/C24H22F2N2O4S/c25-18-5-3-16(4-6-18)23(29)28-11-1-2-17(12-28)24(30)32-13-20-15-33-22(27-20)14-31-21-9-7-19(26)8-10-21/h3-10,15,17H,1-2,11-14H2. The molecular formula is C24H22F2N2O4S. The first-order chi connectivity index (χ1) is 16.0. The molecule has 1 aliphatic rings. The van der Waals surface area contributed by atoms with Gasteiger partial charge < -0.3 is 14.4 Å². The normalized spacial score (nSPS) is 15.8. The molecule has 1 unspecified atom stereocenters. The zero-order chi connectivity index (χ0) is 23.2. The summed E-state index contributed by atoms with van der Waals surface area (Å²) in [6.07, 6.45) is 1.33. The van der Waals surface area contributed by atoms with E-state index in [1.807, 2.05) is 0 Å². The molecule has 1 saturated heterocycles. The van der Waals surface area contributed by atoms with Crippen molar-refractivity contribution in [2.45, 2.75) is 26.1 Å². The number of hydrogen-bond acceptors (Lipinski definition) is 6. The average Bonchev–Trinajstić information content (AvgIpc) is 3.30. The van der Waals surface area contributed by atoms with Crippen LogP contribution in [0.3, 0.4) is 0 Å². The molecule has 2 heterocycles. The summed E-state index contributed by atoms with van der Waals surface area (Å²) >= 11 is 1.38. The van der Waals surface area contributed by atoms with Crippen LogP contribution in [0.4, 0.5) is 8.78 Å². The predicted octanol–water partition coefficient (Wildman–Crippen LogP) is 4.60. The SMILES string of the molecule is O=C(OCc1csc(COc2ccc(F)cc2)n1)C1CCCN(C(=O)c2ccc(F)cc2)C1. The molecule has 3 aromatic rings. The van der Waals surface area contributed by atoms with E-state index >= 15 is 0 Å². The van der Waals surface area contributed by atoms with Crippen LogP contribution >= 0.6 is 11.3 Å². The third-order valence-electron chi connectivity index (χ3n) is 5.27. The van der Waals surface area contributed by atoms with Gasteiger partial charge in [0.15, 0.2) is 0 Å². The monoisotopic (exact) mass is 472 g/mol. The van der Waals surface area contributed by atoms with Gasteiger partial charge in [0.1, 0.15) is 35.6 Å². The van der Waals surface area contributed by atoms with Gasteiger partial charge in [-0.25, -0.2) is 13.8 Å². The molecule has 1 fully saturated rings. The van der Waals surface area contributed by atoms with Crippen molar-refractivity contribution in [3.8, 4) is 5.75 Å². The lowest BCUT2D eigenvalue weighted by atomic mass is 9.97. The molecular weight excluding hydrogens is 450 g/mol. The molecule has 0 radical (unpaired) electrons. The molecule has 1 aliphatic heterocycles. The Bertz CT molecular complexity index is 1100. The summed E-state index contributed by atoms with van der Waals surface area (Å²) in [5.74, 6) is -1.21. The summed E-state index contributed by atoms with van der Waals surface area (Å²) < 4.78 is 37.1. The maximum Gasteiger partial charge on any atom is 0.311 e. The number of carbonyl (C=O) groups excluding carboxylic acids is 2. The number of thiazole rings is 1. The van der Waals surface area contributed by atoms with Crippen molar-refractivity contribution in [3.05, 3.63) is 81.8 Å². The second-order valence-corrected chi connectivity index (χ2v) is 8.62. The second kappa shape index (κ2) is 10.5. The number of nitrogens with zero attached hydrogens (tertiary/aromatic N) is 2. The lowest BCUT2D eigenvalue weighted by molar-refractivity contribution is -0.151. The van der Waals surface area contributed by atoms with Crippen molar-refractivity contribution >= 4 is 23.2 Å². The third kappa shape index (κ3) is 6.13. The number of rotatable bonds is 7. The number of amides is 1. The Morgan fingerprint density at radius 3 is 2.45 bits per heavy atom. The summed E-state index contributed by atoms with van der Waals surface area (Å²) in [7, 11) is 0. The number of ether oxygens (including phenoxy) is 2. The molecule has 9 heteroatoms. The second-order valence-electron chi connectivity index (χ2n) is 7.68. The van der Waals surface area contributed by atoms with Gasteiger partial charge in [-0.15, -0.1) is 11.3 Å². The number of likely N-dealkylation sites (tertiary alicyclic amines) is 1. The Morgan fingerprint density at radius 2 is 1.73 bits per heavy atom. The molecule has 0 N–H and O–H groups in total. The predicted molar refractivity (Wildman–Crippen MR) is 118 cm³/mol. The molecule has 6 nitrogen and oxygen atoms in total. The van der Waals surface area contributed by atoms with Crippen molar-refractivity contribution in [2.24, 2.45) is 5.92 Å². The Kier molecular flexibility index (Phi) is 7.29. The minimum absolute atomic E-state index is 0.0360. The zero-order valence-electron chi connectivity index (χ0n) is 17.7. The molecule has 33 heavy (non-hydrogen) atoms. The maximum atomic E-state index is 13.1. The zero-order valence-corrected chi connectivity index (χ0v) is 18.5. The van der Waals surface area contributed by atoms with E-state index in [9.17, 15) is 18.4 Å². The quantitative estimate of drug-likeness (QED) is 0.471. The Morgan fingerprint density at radius 1 is 1.03 bits per heavy atom. The number of piperidine rings is 1. The highest BCUT2D eigenvalue weighted by Crippen LogP contribution is 2.21. The van der Waals surface area contributed by atoms with Crippen LogP contribution in [0.25, 0.3) is 0 Å². The van der Waals surface area contributed by atoms with Crippen LogP contribution in [0, 0.1) is 17.6 Å². The van der Waals surface area contributed by atoms with Crippen LogP contribution in [0.2, 0.25) is 0 Å². The van der Waals surface area contributed by atoms with Crippen LogP contribution in [-0.2, 0) is 22.7 Å². The molecule has 1 amide bonds. The van der Waals surface area contributed by atoms with E-state index in [1.165, 1.54) is 47.7 Å². The van der Waals surface area contributed by atoms with Crippen molar-refractivity contribution < 1.29 is 27.8 Å². The topological polar surface area (TPSA) is 68.7 Å². The van der Waals surface area contributed by atoms with Gasteiger partial charge in [-0.3, -0.25) is 9.59 Å². The Labute approximate surface area is 193 Å². The van der Waals surface area contributed by atoms with E-state index in [0.717, 1.165) is 0 Å². The summed E-state index contributed by atoms with van der Waals surface area (Å²) in [4.78, 5) is 31.2. The molecule has 4 rings (SSSR count). The highest BCUT2D eigenvalue weighted by Gasteiger charge is 2.30. The van der Waals surface area contributed by atoms with Gasteiger partial charge in [0.25, 0.3) is 5.91 Å². The average molecular weight is 473 g/mol. The minimum atomic E-state index is -0.414. The van der Waals surface area contributed by atoms with Crippen molar-refractivity contribution in [1.82, 2.24) is 9.88 Å². The van der Waals surface area contributed by atoms with Crippen LogP contribution in [0.1, 0.15) is 33.9 Å². The van der Waals surface area contributed by atoms with Crippen LogP contribution < -0.4 is 4.74 Å². The van der Waals surface area contributed by atoms with Crippen molar-refractivity contribution in [2.75, 3.05) is 13.1 Å². The van der Waals surface area contributed by atoms with E-state index in [4.69, 9.17) is 9.47 Å². The maximum absolute atomic E-state index is 13.1. The van der Waals surface area contributed by atoms with Gasteiger partial charge in [-0.1, -0.05) is 0 Å². The van der Waals surface area contributed by atoms with Crippen LogP contribution in [0.5, 0.6) is 5.75 Å². The smallest absolute Gasteiger partial charge is 0.311 e. The highest BCUT2D eigenvalue weighted by atomic mass is 32.1. The molecule has 1 aromatic heterocycles. The fraction of sp³-hybridized carbons (Fsp3) is 0.292. The lowest BCUT2D eigenvalue weighted by Gasteiger charge is -2.31. The first kappa shape index (κ1) is 22.8. The van der Waals surface area contributed by atoms with E-state index in [0.29, 0.717) is 41.4 Å². The first-order valence-corrected chi connectivity index (χ1v) is 11.4. The van der Waals surface area contributed by atoms with Gasteiger partial charge in [0.05, 0.1) is 11.6 Å². The third-order valence-corrected chi connectivity index (χ3v) is 6.14. The van der Waals surface area contributed by atoms with E-state index in [1.54, 1.807) is 22.4 Å². The van der Waals surface area contributed by atoms with E-state index < -0.39 is 11.7 Å². The number of aromatic nitrogens is 1. The highest BCUT2D eigenvalue weighted by molar-refractivity contribution is 7.09. The summed E-state index contributed by atoms with van der Waals surface area (Å²) in [6, 6.07) is 11.1. The number of esters is 1. The molecule has 0 bridgehead atoms. The van der Waals surface area contributed by atoms with Gasteiger partial charge in [-0.2, -0.15) is 0 Å². The summed E-state index contributed by atoms with van der Waals surface area (Å²) in [6.45, 7) is 1.08. The van der Waals surface area contributed by atoms with E-state index in [2.05, 4.69) is 4.98 Å². The van der Waals surface area contributed by atoms with Crippen molar-refractivity contribution in [3.63, 3.8) is 0 Å². The van der Waals surface area contributed by atoms with Gasteiger partial charge in [-0.05, 0) is 61.4 Å². The fourth-order valence-electron chi connectivity index (χ4n) is 3.55. The number of hydrogen-bond donors (Lipinski definition) is 0. The fourth-order valence-corrected chi connectivity index (χ4v) is 4.24. The van der Waals surface area contributed by atoms with Crippen molar-refractivity contribution in [1.29, 1.82) is 0 Å². The summed E-state index contributed by atoms with van der Waals surface area (Å²) in [5.41, 5.74) is 1.00.